The Balaban J connectivity index is 1.54. The van der Waals surface area contributed by atoms with Crippen LogP contribution in [0, 0.1) is 0 Å². The Hall–Kier alpha value is -2.55. The van der Waals surface area contributed by atoms with Crippen molar-refractivity contribution in [3.8, 4) is 11.6 Å². The number of carbonyl (C=O) groups is 1. The van der Waals surface area contributed by atoms with E-state index in [9.17, 15) is 4.79 Å². The number of aromatic nitrogens is 5. The van der Waals surface area contributed by atoms with Crippen molar-refractivity contribution in [3.05, 3.63) is 30.7 Å². The summed E-state index contributed by atoms with van der Waals surface area (Å²) >= 11 is 1.43. The van der Waals surface area contributed by atoms with Crippen LogP contribution < -0.4 is 5.32 Å². The number of furan rings is 1. The minimum absolute atomic E-state index is 0.0832. The van der Waals surface area contributed by atoms with E-state index in [0.29, 0.717) is 17.6 Å². The van der Waals surface area contributed by atoms with Crippen LogP contribution in [0.4, 0.5) is 5.82 Å². The van der Waals surface area contributed by atoms with Crippen LogP contribution in [0.2, 0.25) is 0 Å². The van der Waals surface area contributed by atoms with Gasteiger partial charge in [-0.1, -0.05) is 31.0 Å². The van der Waals surface area contributed by atoms with Gasteiger partial charge >= 0.3 is 0 Å². The first-order chi connectivity index (χ1) is 14.5. The Labute approximate surface area is 180 Å². The van der Waals surface area contributed by atoms with Crippen molar-refractivity contribution in [2.24, 2.45) is 0 Å². The molecule has 8 nitrogen and oxygen atoms in total. The lowest BCUT2D eigenvalue weighted by Gasteiger charge is -2.25. The maximum atomic E-state index is 12.9. The van der Waals surface area contributed by atoms with Gasteiger partial charge in [-0.15, -0.1) is 10.2 Å². The van der Waals surface area contributed by atoms with Gasteiger partial charge in [0.05, 0.1) is 17.7 Å². The van der Waals surface area contributed by atoms with E-state index in [1.807, 2.05) is 39.0 Å². The molecule has 9 heteroatoms. The van der Waals surface area contributed by atoms with Gasteiger partial charge in [-0.2, -0.15) is 5.10 Å². The standard InChI is InChI=1S/C21H28N6O2S/c1-14(2)27-18(11-12-22-27)23-20(28)15(3)30-21-25-24-19(17-10-7-13-29-17)26(21)16-8-5-4-6-9-16/h7,10-16H,4-6,8-9H2,1-3H3,(H,23,28). The Bertz CT molecular complexity index is 972. The molecule has 1 saturated carbocycles. The third-order valence-electron chi connectivity index (χ3n) is 5.41. The molecule has 1 aliphatic carbocycles. The number of hydrogen-bond donors (Lipinski definition) is 1. The van der Waals surface area contributed by atoms with Gasteiger partial charge in [0.15, 0.2) is 10.9 Å². The highest BCUT2D eigenvalue weighted by atomic mass is 32.2. The first-order valence-electron chi connectivity index (χ1n) is 10.5. The van der Waals surface area contributed by atoms with Crippen molar-refractivity contribution in [2.75, 3.05) is 5.32 Å². The lowest BCUT2D eigenvalue weighted by Crippen LogP contribution is -2.25. The number of thioether (sulfide) groups is 1. The zero-order valence-electron chi connectivity index (χ0n) is 17.6. The third-order valence-corrected chi connectivity index (χ3v) is 6.46. The van der Waals surface area contributed by atoms with Crippen LogP contribution in [-0.4, -0.2) is 35.7 Å². The van der Waals surface area contributed by atoms with E-state index in [0.717, 1.165) is 23.8 Å². The first-order valence-corrected chi connectivity index (χ1v) is 11.4. The second-order valence-electron chi connectivity index (χ2n) is 7.95. The van der Waals surface area contributed by atoms with Crippen LogP contribution in [0.15, 0.2) is 40.2 Å². The lowest BCUT2D eigenvalue weighted by molar-refractivity contribution is -0.115. The maximum absolute atomic E-state index is 12.9. The summed E-state index contributed by atoms with van der Waals surface area (Å²) < 4.78 is 9.57. The summed E-state index contributed by atoms with van der Waals surface area (Å²) in [5, 5.41) is 16.5. The smallest absolute Gasteiger partial charge is 0.238 e. The van der Waals surface area contributed by atoms with Crippen LogP contribution >= 0.6 is 11.8 Å². The molecule has 1 N–H and O–H groups in total. The van der Waals surface area contributed by atoms with Crippen LogP contribution in [0.3, 0.4) is 0 Å². The molecule has 160 valence electrons. The number of rotatable bonds is 7. The van der Waals surface area contributed by atoms with Gasteiger partial charge < -0.3 is 9.73 Å². The molecule has 0 spiro atoms. The summed E-state index contributed by atoms with van der Waals surface area (Å²) in [5.41, 5.74) is 0. The number of hydrogen-bond acceptors (Lipinski definition) is 6. The largest absolute Gasteiger partial charge is 0.461 e. The van der Waals surface area contributed by atoms with Crippen molar-refractivity contribution >= 4 is 23.5 Å². The molecule has 1 amide bonds. The zero-order valence-corrected chi connectivity index (χ0v) is 18.4. The van der Waals surface area contributed by atoms with E-state index in [1.54, 1.807) is 17.1 Å². The third kappa shape index (κ3) is 4.30. The van der Waals surface area contributed by atoms with E-state index >= 15 is 0 Å². The van der Waals surface area contributed by atoms with Crippen LogP contribution in [0.25, 0.3) is 11.6 Å². The molecule has 0 aliphatic heterocycles. The number of carbonyl (C=O) groups excluding carboxylic acids is 1. The first kappa shape index (κ1) is 20.7. The fourth-order valence-electron chi connectivity index (χ4n) is 3.86. The van der Waals surface area contributed by atoms with Gasteiger partial charge in [0, 0.05) is 18.2 Å². The van der Waals surface area contributed by atoms with E-state index in [1.165, 1.54) is 31.0 Å². The summed E-state index contributed by atoms with van der Waals surface area (Å²) in [6.45, 7) is 5.95. The van der Waals surface area contributed by atoms with E-state index in [-0.39, 0.29) is 17.2 Å². The minimum Gasteiger partial charge on any atom is -0.461 e. The molecule has 0 bridgehead atoms. The van der Waals surface area contributed by atoms with E-state index < -0.39 is 0 Å². The maximum Gasteiger partial charge on any atom is 0.238 e. The summed E-state index contributed by atoms with van der Waals surface area (Å²) in [4.78, 5) is 12.9. The summed E-state index contributed by atoms with van der Waals surface area (Å²) in [7, 11) is 0. The summed E-state index contributed by atoms with van der Waals surface area (Å²) in [6.07, 6.45) is 9.18. The van der Waals surface area contributed by atoms with Gasteiger partial charge in [0.2, 0.25) is 11.7 Å². The summed E-state index contributed by atoms with van der Waals surface area (Å²) in [6, 6.07) is 6.07. The monoisotopic (exact) mass is 428 g/mol. The molecular formula is C21H28N6O2S. The number of amides is 1. The highest BCUT2D eigenvalue weighted by Crippen LogP contribution is 2.36. The molecule has 30 heavy (non-hydrogen) atoms. The fraction of sp³-hybridized carbons (Fsp3) is 0.524. The molecule has 1 unspecified atom stereocenters. The predicted molar refractivity (Wildman–Crippen MR) is 116 cm³/mol. The van der Waals surface area contributed by atoms with Crippen molar-refractivity contribution < 1.29 is 9.21 Å². The number of nitrogens with zero attached hydrogens (tertiary/aromatic N) is 5. The molecule has 1 fully saturated rings. The van der Waals surface area contributed by atoms with Gasteiger partial charge in [0.1, 0.15) is 5.82 Å². The van der Waals surface area contributed by atoms with Crippen molar-refractivity contribution in [1.82, 2.24) is 24.5 Å². The minimum atomic E-state index is -0.337. The Kier molecular flexibility index (Phi) is 6.26. The molecule has 0 saturated heterocycles. The molecule has 3 heterocycles. The normalized spacial score (nSPS) is 16.1. The number of anilines is 1. The molecule has 1 atom stereocenters. The quantitative estimate of drug-likeness (QED) is 0.536. The Morgan fingerprint density at radius 2 is 2.00 bits per heavy atom. The van der Waals surface area contributed by atoms with Crippen LogP contribution in [-0.2, 0) is 4.79 Å². The molecule has 1 aliphatic rings. The second kappa shape index (κ2) is 9.07. The average molecular weight is 429 g/mol. The molecule has 4 rings (SSSR count). The Morgan fingerprint density at radius 3 is 2.70 bits per heavy atom. The van der Waals surface area contributed by atoms with Crippen molar-refractivity contribution in [2.45, 2.75) is 75.4 Å². The van der Waals surface area contributed by atoms with Gasteiger partial charge in [-0.05, 0) is 45.7 Å². The average Bonchev–Trinajstić information content (AvgIpc) is 3.49. The molecule has 0 aromatic carbocycles. The second-order valence-corrected chi connectivity index (χ2v) is 9.26. The van der Waals surface area contributed by atoms with Gasteiger partial charge in [-0.25, -0.2) is 4.68 Å². The lowest BCUT2D eigenvalue weighted by atomic mass is 9.95. The highest BCUT2D eigenvalue weighted by molar-refractivity contribution is 8.00. The topological polar surface area (TPSA) is 90.8 Å². The highest BCUT2D eigenvalue weighted by Gasteiger charge is 2.27. The van der Waals surface area contributed by atoms with E-state index in [4.69, 9.17) is 4.42 Å². The fourth-order valence-corrected chi connectivity index (χ4v) is 4.78. The summed E-state index contributed by atoms with van der Waals surface area (Å²) in [5.74, 6) is 2.06. The van der Waals surface area contributed by atoms with Crippen molar-refractivity contribution in [1.29, 1.82) is 0 Å². The SMILES string of the molecule is CC(Sc1nnc(-c2ccco2)n1C1CCCCC1)C(=O)Nc1ccnn1C(C)C. The van der Waals surface area contributed by atoms with Crippen LogP contribution in [0.5, 0.6) is 0 Å². The zero-order chi connectivity index (χ0) is 21.1. The number of nitrogens with one attached hydrogen (secondary N) is 1. The van der Waals surface area contributed by atoms with E-state index in [2.05, 4.69) is 25.2 Å². The Morgan fingerprint density at radius 1 is 1.20 bits per heavy atom. The molecular weight excluding hydrogens is 400 g/mol. The predicted octanol–water partition coefficient (Wildman–Crippen LogP) is 4.94. The van der Waals surface area contributed by atoms with Crippen molar-refractivity contribution in [3.63, 3.8) is 0 Å². The molecule has 3 aromatic heterocycles. The van der Waals surface area contributed by atoms with Crippen LogP contribution in [0.1, 0.15) is 65.0 Å². The van der Waals surface area contributed by atoms with Gasteiger partial charge in [0.25, 0.3) is 0 Å². The van der Waals surface area contributed by atoms with Gasteiger partial charge in [-0.3, -0.25) is 9.36 Å². The molecule has 3 aromatic rings. The molecule has 0 radical (unpaired) electrons.